The second-order valence-electron chi connectivity index (χ2n) is 7.06. The van der Waals surface area contributed by atoms with Gasteiger partial charge >= 0.3 is 10.1 Å². The molecule has 1 aliphatic rings. The summed E-state index contributed by atoms with van der Waals surface area (Å²) >= 11 is 7.19. The van der Waals surface area contributed by atoms with Crippen LogP contribution >= 0.6 is 22.9 Å². The Hall–Kier alpha value is -2.13. The van der Waals surface area contributed by atoms with Crippen molar-refractivity contribution in [3.05, 3.63) is 58.1 Å². The first-order valence-corrected chi connectivity index (χ1v) is 11.5. The van der Waals surface area contributed by atoms with Gasteiger partial charge in [0.15, 0.2) is 4.21 Å². The molecule has 2 N–H and O–H groups in total. The van der Waals surface area contributed by atoms with Crippen molar-refractivity contribution in [2.45, 2.75) is 23.6 Å². The van der Waals surface area contributed by atoms with Crippen molar-refractivity contribution < 1.29 is 17.4 Å². The van der Waals surface area contributed by atoms with E-state index in [1.165, 1.54) is 0 Å². The van der Waals surface area contributed by atoms with Crippen LogP contribution in [0.15, 0.2) is 40.6 Å². The Morgan fingerprint density at radius 3 is 2.79 bits per heavy atom. The monoisotopic (exact) mass is 450 g/mol. The minimum atomic E-state index is -4.11. The molecule has 0 bridgehead atoms. The zero-order valence-corrected chi connectivity index (χ0v) is 18.2. The minimum Gasteiger partial charge on any atom is -0.378 e. The number of hydrogen-bond acceptors (Lipinski definition) is 6. The van der Waals surface area contributed by atoms with Crippen LogP contribution in [-0.2, 0) is 21.3 Å². The van der Waals surface area contributed by atoms with Crippen molar-refractivity contribution >= 4 is 49.0 Å². The van der Waals surface area contributed by atoms with Gasteiger partial charge in [-0.2, -0.15) is 8.42 Å². The molecule has 1 aliphatic heterocycles. The van der Waals surface area contributed by atoms with Crippen LogP contribution in [0.2, 0.25) is 5.02 Å². The molecule has 6 nitrogen and oxygen atoms in total. The lowest BCUT2D eigenvalue weighted by Gasteiger charge is -2.33. The number of hydrogen-bond donors (Lipinski definition) is 1. The number of benzene rings is 2. The Balaban J connectivity index is 1.81. The number of primary amides is 1. The molecular weight excluding hydrogens is 432 g/mol. The minimum absolute atomic E-state index is 0.118. The molecule has 0 saturated carbocycles. The summed E-state index contributed by atoms with van der Waals surface area (Å²) in [6.45, 7) is 2.37. The smallest absolute Gasteiger partial charge is 0.349 e. The van der Waals surface area contributed by atoms with Gasteiger partial charge in [0.25, 0.3) is 0 Å². The number of nitrogens with two attached hydrogens (primary N) is 1. The van der Waals surface area contributed by atoms with E-state index >= 15 is 0 Å². The third kappa shape index (κ3) is 3.50. The molecule has 0 spiro atoms. The maximum Gasteiger partial charge on any atom is 0.349 e. The van der Waals surface area contributed by atoms with Crippen LogP contribution in [-0.4, -0.2) is 32.8 Å². The number of carbonyl (C=O) groups excluding carboxylic acids is 1. The lowest BCUT2D eigenvalue weighted by atomic mass is 9.92. The van der Waals surface area contributed by atoms with Gasteiger partial charge in [-0.15, -0.1) is 11.3 Å². The van der Waals surface area contributed by atoms with Gasteiger partial charge in [-0.3, -0.25) is 9.69 Å². The summed E-state index contributed by atoms with van der Waals surface area (Å²) in [6, 6.07) is 9.66. The molecule has 1 unspecified atom stereocenters. The Labute approximate surface area is 178 Å². The first kappa shape index (κ1) is 20.2. The number of aryl methyl sites for hydroxylation is 1. The van der Waals surface area contributed by atoms with Crippen LogP contribution in [0.5, 0.6) is 5.75 Å². The number of carbonyl (C=O) groups is 1. The Bertz CT molecular complexity index is 1240. The number of thiophene rings is 1. The Kier molecular flexibility index (Phi) is 5.06. The van der Waals surface area contributed by atoms with Crippen molar-refractivity contribution in [3.8, 4) is 5.75 Å². The van der Waals surface area contributed by atoms with E-state index in [4.69, 9.17) is 21.5 Å². The highest BCUT2D eigenvalue weighted by Crippen LogP contribution is 2.40. The first-order chi connectivity index (χ1) is 13.7. The Morgan fingerprint density at radius 2 is 2.07 bits per heavy atom. The fourth-order valence-electron chi connectivity index (χ4n) is 3.76. The van der Waals surface area contributed by atoms with Crippen molar-refractivity contribution in [1.29, 1.82) is 0 Å². The third-order valence-corrected chi connectivity index (χ3v) is 8.48. The number of amides is 1. The molecule has 0 fully saturated rings. The molecule has 29 heavy (non-hydrogen) atoms. The molecule has 0 radical (unpaired) electrons. The number of rotatable bonds is 4. The summed E-state index contributed by atoms with van der Waals surface area (Å²) in [7, 11) is -2.33. The van der Waals surface area contributed by atoms with E-state index in [0.29, 0.717) is 29.1 Å². The zero-order valence-electron chi connectivity index (χ0n) is 15.8. The SMILES string of the molecule is Cc1c(S(=O)(=O)Oc2cccc3c2C(C(N)=O)N(C)CC3)sc2ccc(Cl)cc12. The highest BCUT2D eigenvalue weighted by Gasteiger charge is 2.34. The van der Waals surface area contributed by atoms with Crippen molar-refractivity contribution in [2.75, 3.05) is 13.6 Å². The molecular formula is C20H19ClN2O4S2. The second-order valence-corrected chi connectivity index (χ2v) is 10.3. The van der Waals surface area contributed by atoms with Gasteiger partial charge in [0.1, 0.15) is 11.8 Å². The van der Waals surface area contributed by atoms with Gasteiger partial charge in [0.05, 0.1) is 0 Å². The van der Waals surface area contributed by atoms with Crippen molar-refractivity contribution in [3.63, 3.8) is 0 Å². The number of fused-ring (bicyclic) bond motifs is 2. The molecule has 9 heteroatoms. The maximum absolute atomic E-state index is 13.1. The largest absolute Gasteiger partial charge is 0.378 e. The van der Waals surface area contributed by atoms with Gasteiger partial charge in [-0.1, -0.05) is 23.7 Å². The maximum atomic E-state index is 13.1. The van der Waals surface area contributed by atoms with Crippen LogP contribution in [0.3, 0.4) is 0 Å². The molecule has 2 heterocycles. The summed E-state index contributed by atoms with van der Waals surface area (Å²) in [5, 5.41) is 1.31. The van der Waals surface area contributed by atoms with Crippen LogP contribution < -0.4 is 9.92 Å². The van der Waals surface area contributed by atoms with E-state index in [1.807, 2.05) is 6.07 Å². The first-order valence-electron chi connectivity index (χ1n) is 8.93. The van der Waals surface area contributed by atoms with E-state index in [1.54, 1.807) is 49.2 Å². The number of halogens is 1. The van der Waals surface area contributed by atoms with Crippen molar-refractivity contribution in [2.24, 2.45) is 5.73 Å². The summed E-state index contributed by atoms with van der Waals surface area (Å²) in [6.07, 6.45) is 0.674. The normalized spacial score (nSPS) is 17.3. The number of likely N-dealkylation sites (N-methyl/N-ethyl adjacent to an activating group) is 1. The predicted octanol–water partition coefficient (Wildman–Crippen LogP) is 3.65. The summed E-state index contributed by atoms with van der Waals surface area (Å²) < 4.78 is 32.8. The fourth-order valence-corrected chi connectivity index (χ4v) is 6.58. The molecule has 0 aliphatic carbocycles. The van der Waals surface area contributed by atoms with E-state index in [2.05, 4.69) is 0 Å². The van der Waals surface area contributed by atoms with Crippen LogP contribution in [0.4, 0.5) is 0 Å². The molecule has 1 amide bonds. The summed E-state index contributed by atoms with van der Waals surface area (Å²) in [4.78, 5) is 13.9. The average molecular weight is 451 g/mol. The highest BCUT2D eigenvalue weighted by atomic mass is 35.5. The predicted molar refractivity (Wildman–Crippen MR) is 114 cm³/mol. The topological polar surface area (TPSA) is 89.7 Å². The zero-order chi connectivity index (χ0) is 20.9. The lowest BCUT2D eigenvalue weighted by molar-refractivity contribution is -0.123. The molecule has 1 aromatic heterocycles. The van der Waals surface area contributed by atoms with Gasteiger partial charge < -0.3 is 9.92 Å². The van der Waals surface area contributed by atoms with Gasteiger partial charge in [-0.25, -0.2) is 0 Å². The average Bonchev–Trinajstić information content (AvgIpc) is 2.98. The van der Waals surface area contributed by atoms with Gasteiger partial charge in [0, 0.05) is 21.8 Å². The molecule has 3 aromatic rings. The van der Waals surface area contributed by atoms with Crippen LogP contribution in [0.25, 0.3) is 10.1 Å². The quantitative estimate of drug-likeness (QED) is 0.613. The van der Waals surface area contributed by atoms with Crippen LogP contribution in [0.1, 0.15) is 22.7 Å². The molecule has 1 atom stereocenters. The second kappa shape index (κ2) is 7.28. The lowest BCUT2D eigenvalue weighted by Crippen LogP contribution is -2.40. The Morgan fingerprint density at radius 1 is 1.31 bits per heavy atom. The van der Waals surface area contributed by atoms with E-state index in [-0.39, 0.29) is 9.96 Å². The molecule has 4 rings (SSSR count). The van der Waals surface area contributed by atoms with Gasteiger partial charge in [-0.05, 0) is 61.2 Å². The molecule has 0 saturated heterocycles. The van der Waals surface area contributed by atoms with Crippen LogP contribution in [0, 0.1) is 6.92 Å². The summed E-state index contributed by atoms with van der Waals surface area (Å²) in [5.41, 5.74) is 7.57. The number of nitrogens with zero attached hydrogens (tertiary/aromatic N) is 1. The van der Waals surface area contributed by atoms with E-state index in [9.17, 15) is 13.2 Å². The van der Waals surface area contributed by atoms with E-state index < -0.39 is 22.1 Å². The standard InChI is InChI=1S/C20H19ClN2O4S2/c1-11-14-10-13(21)6-7-16(14)28-20(11)29(25,26)27-15-5-3-4-12-8-9-23(2)18(17(12)15)19(22)24/h3-7,10,18H,8-9H2,1-2H3,(H2,22,24). The fraction of sp³-hybridized carbons (Fsp3) is 0.250. The highest BCUT2D eigenvalue weighted by molar-refractivity contribution is 7.89. The summed E-state index contributed by atoms with van der Waals surface area (Å²) in [5.74, 6) is -0.415. The third-order valence-electron chi connectivity index (χ3n) is 5.15. The van der Waals surface area contributed by atoms with E-state index in [0.717, 1.165) is 27.0 Å². The van der Waals surface area contributed by atoms with Gasteiger partial charge in [0.2, 0.25) is 5.91 Å². The van der Waals surface area contributed by atoms with Crippen molar-refractivity contribution in [1.82, 2.24) is 4.90 Å². The molecule has 2 aromatic carbocycles. The molecule has 152 valence electrons.